The molecule has 0 saturated carbocycles. The van der Waals surface area contributed by atoms with E-state index >= 15 is 0 Å². The highest BCUT2D eigenvalue weighted by atomic mass is 35.5. The molecule has 1 heterocycles. The summed E-state index contributed by atoms with van der Waals surface area (Å²) in [6.45, 7) is 6.22. The minimum absolute atomic E-state index is 0.191. The van der Waals surface area contributed by atoms with Crippen LogP contribution in [-0.2, 0) is 25.4 Å². The molecule has 0 radical (unpaired) electrons. The number of hydrogen-bond acceptors (Lipinski definition) is 5. The molecule has 0 spiro atoms. The molecule has 0 amide bonds. The molecule has 0 aliphatic rings. The number of rotatable bonds is 11. The lowest BCUT2D eigenvalue weighted by Gasteiger charge is -2.22. The van der Waals surface area contributed by atoms with Gasteiger partial charge in [-0.1, -0.05) is 0 Å². The highest BCUT2D eigenvalue weighted by molar-refractivity contribution is 7.89. The molecule has 122 valence electrons. The van der Waals surface area contributed by atoms with Crippen molar-refractivity contribution >= 4 is 33.0 Å². The molecular weight excluding hydrogens is 334 g/mol. The van der Waals surface area contributed by atoms with Crippen LogP contribution in [0.4, 0.5) is 0 Å². The zero-order chi connectivity index (χ0) is 15.7. The van der Waals surface area contributed by atoms with Crippen molar-refractivity contribution in [2.24, 2.45) is 0 Å². The zero-order valence-electron chi connectivity index (χ0n) is 12.4. The number of sulfonamides is 1. The average molecular weight is 356 g/mol. The molecule has 8 heteroatoms. The van der Waals surface area contributed by atoms with E-state index in [-0.39, 0.29) is 10.8 Å². The highest BCUT2D eigenvalue weighted by Crippen LogP contribution is 2.26. The number of ether oxygens (including phenoxy) is 2. The molecule has 0 fully saturated rings. The molecule has 0 saturated heterocycles. The maximum absolute atomic E-state index is 12.7. The van der Waals surface area contributed by atoms with E-state index in [0.29, 0.717) is 44.4 Å². The van der Waals surface area contributed by atoms with Crippen LogP contribution in [0.5, 0.6) is 0 Å². The zero-order valence-corrected chi connectivity index (χ0v) is 14.8. The van der Waals surface area contributed by atoms with Crippen LogP contribution in [0.15, 0.2) is 16.3 Å². The number of halogens is 1. The normalized spacial score (nSPS) is 12.2. The molecule has 5 nitrogen and oxygen atoms in total. The molecule has 0 N–H and O–H groups in total. The maximum atomic E-state index is 12.7. The van der Waals surface area contributed by atoms with Crippen molar-refractivity contribution in [3.63, 3.8) is 0 Å². The lowest BCUT2D eigenvalue weighted by atomic mass is 10.5. The van der Waals surface area contributed by atoms with Crippen LogP contribution in [0.2, 0.25) is 0 Å². The van der Waals surface area contributed by atoms with E-state index < -0.39 is 10.0 Å². The van der Waals surface area contributed by atoms with Crippen LogP contribution >= 0.6 is 22.9 Å². The van der Waals surface area contributed by atoms with Gasteiger partial charge in [-0.25, -0.2) is 8.42 Å². The van der Waals surface area contributed by atoms with Crippen molar-refractivity contribution < 1.29 is 17.9 Å². The van der Waals surface area contributed by atoms with E-state index in [1.807, 2.05) is 13.8 Å². The Bertz CT molecular complexity index is 494. The molecule has 0 aliphatic carbocycles. The van der Waals surface area contributed by atoms with Gasteiger partial charge in [0.25, 0.3) is 0 Å². The third-order valence-corrected chi connectivity index (χ3v) is 6.28. The van der Waals surface area contributed by atoms with Crippen LogP contribution in [0, 0.1) is 0 Å². The molecule has 0 bridgehead atoms. The van der Waals surface area contributed by atoms with Gasteiger partial charge in [0.2, 0.25) is 10.0 Å². The monoisotopic (exact) mass is 355 g/mol. The predicted molar refractivity (Wildman–Crippen MR) is 85.6 cm³/mol. The van der Waals surface area contributed by atoms with Crippen LogP contribution in [0.25, 0.3) is 0 Å². The molecule has 1 aromatic rings. The Kier molecular flexibility index (Phi) is 8.77. The van der Waals surface area contributed by atoms with Crippen molar-refractivity contribution in [1.82, 2.24) is 4.31 Å². The average Bonchev–Trinajstić information content (AvgIpc) is 2.95. The van der Waals surface area contributed by atoms with E-state index in [2.05, 4.69) is 0 Å². The molecule has 0 aromatic carbocycles. The van der Waals surface area contributed by atoms with Crippen molar-refractivity contribution in [2.45, 2.75) is 24.6 Å². The van der Waals surface area contributed by atoms with Gasteiger partial charge in [0, 0.05) is 31.2 Å². The fourth-order valence-electron chi connectivity index (χ4n) is 1.77. The predicted octanol–water partition coefficient (Wildman–Crippen LogP) is 2.55. The number of thiophene rings is 1. The van der Waals surface area contributed by atoms with Gasteiger partial charge >= 0.3 is 0 Å². The fourth-order valence-corrected chi connectivity index (χ4v) is 4.85. The summed E-state index contributed by atoms with van der Waals surface area (Å²) in [6, 6.07) is 1.60. The number of hydrogen-bond donors (Lipinski definition) is 0. The molecule has 1 rings (SSSR count). The van der Waals surface area contributed by atoms with Crippen molar-refractivity contribution in [3.8, 4) is 0 Å². The van der Waals surface area contributed by atoms with Gasteiger partial charge in [0.05, 0.1) is 24.0 Å². The summed E-state index contributed by atoms with van der Waals surface area (Å²) in [6.07, 6.45) is 0. The SMILES string of the molecule is CCOCCN(CCOCC)S(=O)(=O)c1ccsc1CCl. The van der Waals surface area contributed by atoms with Gasteiger partial charge in [-0.05, 0) is 25.3 Å². The van der Waals surface area contributed by atoms with Gasteiger partial charge in [-0.15, -0.1) is 22.9 Å². The summed E-state index contributed by atoms with van der Waals surface area (Å²) in [7, 11) is -3.56. The maximum Gasteiger partial charge on any atom is 0.244 e. The summed E-state index contributed by atoms with van der Waals surface area (Å²) in [4.78, 5) is 0.949. The van der Waals surface area contributed by atoms with Gasteiger partial charge in [-0.2, -0.15) is 4.31 Å². The van der Waals surface area contributed by atoms with Gasteiger partial charge in [-0.3, -0.25) is 0 Å². The van der Waals surface area contributed by atoms with Gasteiger partial charge in [0.15, 0.2) is 0 Å². The standard InChI is InChI=1S/C13H22ClNO4S2/c1-3-18-8-6-15(7-9-19-4-2)21(16,17)13-5-10-20-12(13)11-14/h5,10H,3-4,6-9,11H2,1-2H3. The first-order valence-electron chi connectivity index (χ1n) is 6.85. The van der Waals surface area contributed by atoms with Crippen LogP contribution in [0.1, 0.15) is 18.7 Å². The second-order valence-electron chi connectivity index (χ2n) is 4.14. The van der Waals surface area contributed by atoms with Crippen molar-refractivity contribution in [1.29, 1.82) is 0 Å². The lowest BCUT2D eigenvalue weighted by Crippen LogP contribution is -2.37. The molecule has 0 atom stereocenters. The Morgan fingerprint density at radius 1 is 1.19 bits per heavy atom. The quantitative estimate of drug-likeness (QED) is 0.452. The minimum atomic E-state index is -3.56. The van der Waals surface area contributed by atoms with E-state index in [0.717, 1.165) is 0 Å². The Balaban J connectivity index is 2.87. The summed E-state index contributed by atoms with van der Waals surface area (Å²) >= 11 is 7.17. The third-order valence-electron chi connectivity index (χ3n) is 2.82. The van der Waals surface area contributed by atoms with E-state index in [9.17, 15) is 8.42 Å². The first-order valence-corrected chi connectivity index (χ1v) is 9.71. The first-order chi connectivity index (χ1) is 10.1. The Morgan fingerprint density at radius 3 is 2.24 bits per heavy atom. The highest BCUT2D eigenvalue weighted by Gasteiger charge is 2.27. The molecule has 0 aliphatic heterocycles. The van der Waals surface area contributed by atoms with Crippen LogP contribution < -0.4 is 0 Å². The third kappa shape index (κ3) is 5.50. The topological polar surface area (TPSA) is 55.8 Å². The molecule has 21 heavy (non-hydrogen) atoms. The summed E-state index contributed by atoms with van der Waals surface area (Å²) in [5.74, 6) is 0.191. The smallest absolute Gasteiger partial charge is 0.244 e. The van der Waals surface area contributed by atoms with E-state index in [1.54, 1.807) is 11.4 Å². The van der Waals surface area contributed by atoms with Gasteiger partial charge < -0.3 is 9.47 Å². The Labute approximate surface area is 135 Å². The lowest BCUT2D eigenvalue weighted by molar-refractivity contribution is 0.110. The second-order valence-corrected chi connectivity index (χ2v) is 7.31. The van der Waals surface area contributed by atoms with Crippen LogP contribution in [-0.4, -0.2) is 52.2 Å². The van der Waals surface area contributed by atoms with Crippen molar-refractivity contribution in [3.05, 3.63) is 16.3 Å². The van der Waals surface area contributed by atoms with Gasteiger partial charge in [0.1, 0.15) is 0 Å². The molecule has 0 unspecified atom stereocenters. The Hall–Kier alpha value is -0.180. The number of nitrogens with zero attached hydrogens (tertiary/aromatic N) is 1. The molecular formula is C13H22ClNO4S2. The Morgan fingerprint density at radius 2 is 1.76 bits per heavy atom. The van der Waals surface area contributed by atoms with E-state index in [1.165, 1.54) is 15.6 Å². The fraction of sp³-hybridized carbons (Fsp3) is 0.692. The summed E-state index contributed by atoms with van der Waals surface area (Å²) in [5.41, 5.74) is 0. The van der Waals surface area contributed by atoms with Crippen LogP contribution in [0.3, 0.4) is 0 Å². The number of alkyl halides is 1. The van der Waals surface area contributed by atoms with E-state index in [4.69, 9.17) is 21.1 Å². The molecule has 1 aromatic heterocycles. The summed E-state index contributed by atoms with van der Waals surface area (Å²) in [5, 5.41) is 1.74. The van der Waals surface area contributed by atoms with Crippen molar-refractivity contribution in [2.75, 3.05) is 39.5 Å². The first kappa shape index (κ1) is 18.9. The second kappa shape index (κ2) is 9.76. The minimum Gasteiger partial charge on any atom is -0.380 e. The largest absolute Gasteiger partial charge is 0.380 e. The summed E-state index contributed by atoms with van der Waals surface area (Å²) < 4.78 is 37.4.